The van der Waals surface area contributed by atoms with E-state index >= 15 is 0 Å². The molecule has 3 atom stereocenters. The van der Waals surface area contributed by atoms with E-state index in [1.165, 1.54) is 17.0 Å². The van der Waals surface area contributed by atoms with E-state index in [2.05, 4.69) is 10.3 Å². The standard InChI is InChI=1S/C34H33ClFN5O4/c1-20-13-16-40(28-10-8-23-5-3-4-6-25(23)31(28)21(2)33(37)44)34(45)32(24-7-9-27(36)26(35)18-24)41(20)30(43)19-39-29(42)17-22-11-14-38-15-12-22/h3-12,14-15,18,20-21,32H,13,16-17,19H2,1-2H3,(H2,37,44)(H,39,42). The van der Waals surface area contributed by atoms with E-state index in [1.54, 1.807) is 42.4 Å². The minimum atomic E-state index is -1.20. The summed E-state index contributed by atoms with van der Waals surface area (Å²) >= 11 is 6.17. The van der Waals surface area contributed by atoms with Gasteiger partial charge in [-0.1, -0.05) is 48.0 Å². The summed E-state index contributed by atoms with van der Waals surface area (Å²) in [6.07, 6.45) is 3.59. The molecule has 0 saturated carbocycles. The zero-order chi connectivity index (χ0) is 32.2. The van der Waals surface area contributed by atoms with Crippen molar-refractivity contribution in [2.45, 2.75) is 44.7 Å². The molecule has 1 aliphatic heterocycles. The van der Waals surface area contributed by atoms with E-state index in [9.17, 15) is 23.6 Å². The number of carbonyl (C=O) groups excluding carboxylic acids is 4. The number of hydrogen-bond acceptors (Lipinski definition) is 5. The molecule has 4 amide bonds. The lowest BCUT2D eigenvalue weighted by atomic mass is 9.91. The molecular weight excluding hydrogens is 597 g/mol. The molecular formula is C34H33ClFN5O4. The quantitative estimate of drug-likeness (QED) is 0.293. The third-order valence-electron chi connectivity index (χ3n) is 8.22. The van der Waals surface area contributed by atoms with Gasteiger partial charge in [-0.25, -0.2) is 4.39 Å². The Kier molecular flexibility index (Phi) is 9.43. The number of carbonyl (C=O) groups is 4. The number of rotatable bonds is 8. The van der Waals surface area contributed by atoms with Gasteiger partial charge >= 0.3 is 0 Å². The van der Waals surface area contributed by atoms with Gasteiger partial charge in [-0.2, -0.15) is 0 Å². The lowest BCUT2D eigenvalue weighted by molar-refractivity contribution is -0.141. The minimum absolute atomic E-state index is 0.0534. The van der Waals surface area contributed by atoms with Gasteiger partial charge < -0.3 is 20.9 Å². The summed E-state index contributed by atoms with van der Waals surface area (Å²) in [6.45, 7) is 3.38. The SMILES string of the molecule is CC(C(N)=O)c1c(N2CCC(C)N(C(=O)CNC(=O)Cc3ccncc3)C(c3ccc(F)c(Cl)c3)C2=O)ccc2ccccc12. The van der Waals surface area contributed by atoms with Crippen molar-refractivity contribution in [1.29, 1.82) is 0 Å². The number of primary amides is 1. The molecule has 0 aliphatic carbocycles. The fourth-order valence-corrected chi connectivity index (χ4v) is 6.02. The highest BCUT2D eigenvalue weighted by molar-refractivity contribution is 6.30. The van der Waals surface area contributed by atoms with Crippen molar-refractivity contribution in [3.63, 3.8) is 0 Å². The second kappa shape index (κ2) is 13.4. The van der Waals surface area contributed by atoms with Crippen LogP contribution in [0.4, 0.5) is 10.1 Å². The number of aromatic nitrogens is 1. The van der Waals surface area contributed by atoms with E-state index in [-0.39, 0.29) is 30.4 Å². The van der Waals surface area contributed by atoms with Crippen molar-refractivity contribution in [1.82, 2.24) is 15.2 Å². The zero-order valence-electron chi connectivity index (χ0n) is 24.9. The largest absolute Gasteiger partial charge is 0.369 e. The Hall–Kier alpha value is -4.83. The Bertz CT molecular complexity index is 1770. The predicted octanol–water partition coefficient (Wildman–Crippen LogP) is 4.67. The van der Waals surface area contributed by atoms with Crippen LogP contribution in [0.25, 0.3) is 10.8 Å². The van der Waals surface area contributed by atoms with Crippen molar-refractivity contribution in [2.75, 3.05) is 18.0 Å². The topological polar surface area (TPSA) is 126 Å². The van der Waals surface area contributed by atoms with Gasteiger partial charge in [-0.05, 0) is 78.1 Å². The molecule has 0 bridgehead atoms. The third-order valence-corrected chi connectivity index (χ3v) is 8.51. The first kappa shape index (κ1) is 31.6. The number of anilines is 1. The fraction of sp³-hybridized carbons (Fsp3) is 0.265. The highest BCUT2D eigenvalue weighted by atomic mass is 35.5. The molecule has 5 rings (SSSR count). The molecule has 45 heavy (non-hydrogen) atoms. The average Bonchev–Trinajstić information content (AvgIpc) is 3.16. The van der Waals surface area contributed by atoms with Crippen LogP contribution in [-0.2, 0) is 25.6 Å². The van der Waals surface area contributed by atoms with Crippen molar-refractivity contribution in [3.05, 3.63) is 107 Å². The number of hydrogen-bond donors (Lipinski definition) is 2. The lowest BCUT2D eigenvalue weighted by Crippen LogP contribution is -2.49. The van der Waals surface area contributed by atoms with Crippen LogP contribution in [0.3, 0.4) is 0 Å². The van der Waals surface area contributed by atoms with Crippen LogP contribution >= 0.6 is 11.6 Å². The summed E-state index contributed by atoms with van der Waals surface area (Å²) in [5.74, 6) is -3.27. The molecule has 1 saturated heterocycles. The number of fused-ring (bicyclic) bond motifs is 1. The summed E-state index contributed by atoms with van der Waals surface area (Å²) in [5.41, 5.74) is 7.92. The van der Waals surface area contributed by atoms with Crippen molar-refractivity contribution in [2.24, 2.45) is 5.73 Å². The highest BCUT2D eigenvalue weighted by Gasteiger charge is 2.41. The Morgan fingerprint density at radius 3 is 2.53 bits per heavy atom. The molecule has 2 heterocycles. The molecule has 11 heteroatoms. The van der Waals surface area contributed by atoms with Gasteiger partial charge in [0.05, 0.1) is 23.9 Å². The number of amides is 4. The van der Waals surface area contributed by atoms with Gasteiger partial charge in [-0.3, -0.25) is 24.2 Å². The lowest BCUT2D eigenvalue weighted by Gasteiger charge is -2.35. The van der Waals surface area contributed by atoms with Gasteiger partial charge in [0.2, 0.25) is 17.7 Å². The predicted molar refractivity (Wildman–Crippen MR) is 170 cm³/mol. The maximum atomic E-state index is 14.6. The maximum absolute atomic E-state index is 14.6. The third kappa shape index (κ3) is 6.66. The Morgan fingerprint density at radius 2 is 1.82 bits per heavy atom. The van der Waals surface area contributed by atoms with Gasteiger partial charge in [0.25, 0.3) is 5.91 Å². The van der Waals surface area contributed by atoms with Crippen LogP contribution in [0.5, 0.6) is 0 Å². The molecule has 9 nitrogen and oxygen atoms in total. The highest BCUT2D eigenvalue weighted by Crippen LogP contribution is 2.39. The Labute approximate surface area is 265 Å². The van der Waals surface area contributed by atoms with E-state index in [1.807, 2.05) is 37.3 Å². The second-order valence-electron chi connectivity index (χ2n) is 11.2. The molecule has 232 valence electrons. The molecule has 3 unspecified atom stereocenters. The monoisotopic (exact) mass is 629 g/mol. The summed E-state index contributed by atoms with van der Waals surface area (Å²) in [7, 11) is 0. The summed E-state index contributed by atoms with van der Waals surface area (Å²) < 4.78 is 14.3. The number of nitrogens with zero attached hydrogens (tertiary/aromatic N) is 3. The molecule has 0 spiro atoms. The van der Waals surface area contributed by atoms with Crippen LogP contribution in [0, 0.1) is 5.82 Å². The fourth-order valence-electron chi connectivity index (χ4n) is 5.83. The summed E-state index contributed by atoms with van der Waals surface area (Å²) in [5, 5.41) is 4.12. The van der Waals surface area contributed by atoms with Crippen molar-refractivity contribution < 1.29 is 23.6 Å². The Morgan fingerprint density at radius 1 is 1.09 bits per heavy atom. The second-order valence-corrected chi connectivity index (χ2v) is 11.6. The van der Waals surface area contributed by atoms with Crippen molar-refractivity contribution in [3.8, 4) is 0 Å². The molecule has 4 aromatic rings. The number of nitrogens with one attached hydrogen (secondary N) is 1. The molecule has 3 N–H and O–H groups in total. The summed E-state index contributed by atoms with van der Waals surface area (Å²) in [6, 6.07) is 16.8. The number of nitrogens with two attached hydrogens (primary N) is 1. The van der Waals surface area contributed by atoms with E-state index in [4.69, 9.17) is 17.3 Å². The van der Waals surface area contributed by atoms with Crippen LogP contribution in [0.1, 0.15) is 48.9 Å². The summed E-state index contributed by atoms with van der Waals surface area (Å²) in [4.78, 5) is 60.6. The van der Waals surface area contributed by atoms with Gasteiger partial charge in [0.15, 0.2) is 0 Å². The number of halogens is 2. The van der Waals surface area contributed by atoms with Gasteiger partial charge in [0, 0.05) is 30.7 Å². The van der Waals surface area contributed by atoms with Crippen molar-refractivity contribution >= 4 is 51.7 Å². The van der Waals surface area contributed by atoms with Gasteiger partial charge in [0.1, 0.15) is 11.9 Å². The van der Waals surface area contributed by atoms with E-state index in [0.717, 1.165) is 22.4 Å². The maximum Gasteiger partial charge on any atom is 0.254 e. The number of benzene rings is 3. The number of pyridine rings is 1. The average molecular weight is 630 g/mol. The molecule has 0 radical (unpaired) electrons. The molecule has 3 aromatic carbocycles. The first-order valence-corrected chi connectivity index (χ1v) is 15.0. The zero-order valence-corrected chi connectivity index (χ0v) is 25.6. The van der Waals surface area contributed by atoms with Crippen LogP contribution < -0.4 is 16.0 Å². The smallest absolute Gasteiger partial charge is 0.254 e. The van der Waals surface area contributed by atoms with E-state index < -0.39 is 41.5 Å². The molecule has 1 aromatic heterocycles. The first-order valence-electron chi connectivity index (χ1n) is 14.6. The first-order chi connectivity index (χ1) is 21.6. The normalized spacial score (nSPS) is 17.6. The van der Waals surface area contributed by atoms with Crippen LogP contribution in [0.15, 0.2) is 79.1 Å². The Balaban J connectivity index is 1.54. The minimum Gasteiger partial charge on any atom is -0.369 e. The van der Waals surface area contributed by atoms with Crippen LogP contribution in [0.2, 0.25) is 5.02 Å². The molecule has 1 aliphatic rings. The van der Waals surface area contributed by atoms with E-state index in [0.29, 0.717) is 23.2 Å². The van der Waals surface area contributed by atoms with Gasteiger partial charge in [-0.15, -0.1) is 0 Å². The van der Waals surface area contributed by atoms with Crippen LogP contribution in [-0.4, -0.2) is 52.6 Å². The molecule has 1 fully saturated rings.